The Morgan fingerprint density at radius 3 is 2.16 bits per heavy atom. The minimum atomic E-state index is -0.0627. The van der Waals surface area contributed by atoms with Crippen molar-refractivity contribution in [3.05, 3.63) is 82.1 Å². The fraction of sp³-hybridized carbons (Fsp3) is 0.448. The summed E-state index contributed by atoms with van der Waals surface area (Å²) in [5.41, 5.74) is 3.32. The second-order valence-corrected chi connectivity index (χ2v) is 9.87. The topological polar surface area (TPSA) is 0 Å². The molecule has 2 heteroatoms. The van der Waals surface area contributed by atoms with E-state index in [1.165, 1.54) is 56.1 Å². The molecule has 3 aromatic carbocycles. The Morgan fingerprint density at radius 2 is 1.45 bits per heavy atom. The predicted molar refractivity (Wildman–Crippen MR) is 131 cm³/mol. The lowest BCUT2D eigenvalue weighted by Gasteiger charge is -2.28. The monoisotopic (exact) mass is 436 g/mol. The van der Waals surface area contributed by atoms with Crippen molar-refractivity contribution in [3.8, 4) is 0 Å². The van der Waals surface area contributed by atoms with E-state index in [4.69, 9.17) is 11.6 Å². The van der Waals surface area contributed by atoms with Crippen molar-refractivity contribution in [1.29, 1.82) is 0 Å². The first-order valence-corrected chi connectivity index (χ1v) is 12.4. The average molecular weight is 437 g/mol. The zero-order valence-corrected chi connectivity index (χ0v) is 19.4. The van der Waals surface area contributed by atoms with E-state index in [1.54, 1.807) is 0 Å². The molecule has 31 heavy (non-hydrogen) atoms. The minimum Gasteiger partial charge on any atom is -0.206 e. The quantitative estimate of drug-likeness (QED) is 0.330. The van der Waals surface area contributed by atoms with Crippen molar-refractivity contribution >= 4 is 22.4 Å². The molecule has 0 aromatic heterocycles. The Morgan fingerprint density at radius 1 is 0.774 bits per heavy atom. The van der Waals surface area contributed by atoms with Crippen molar-refractivity contribution in [2.24, 2.45) is 11.8 Å². The number of benzene rings is 3. The number of fused-ring (bicyclic) bond motifs is 1. The summed E-state index contributed by atoms with van der Waals surface area (Å²) >= 11 is 5.96. The summed E-state index contributed by atoms with van der Waals surface area (Å²) in [7, 11) is 0. The standard InChI is InChI=1S/C29H34ClF/c1-2-3-21-4-6-22(7-5-21)8-9-24-13-19-28-26(20-24)16-15-25(29(28)31)14-10-23-11-17-27(30)18-12-23/h11-13,15-22H,2-10,14H2,1H3. The Balaban J connectivity index is 1.36. The normalized spacial score (nSPS) is 19.1. The maximum Gasteiger partial charge on any atom is 0.134 e. The SMILES string of the molecule is CCCC1CCC(CCc2ccc3c(F)c(CCc4ccc(Cl)cc4)ccc3c2)CC1. The molecule has 1 aliphatic rings. The molecule has 0 bridgehead atoms. The maximum atomic E-state index is 15.1. The summed E-state index contributed by atoms with van der Waals surface area (Å²) in [6.07, 6.45) is 12.2. The van der Waals surface area contributed by atoms with Crippen LogP contribution in [0.1, 0.15) is 68.6 Å². The van der Waals surface area contributed by atoms with Crippen LogP contribution in [0.4, 0.5) is 4.39 Å². The fourth-order valence-corrected chi connectivity index (χ4v) is 5.38. The van der Waals surface area contributed by atoms with Gasteiger partial charge >= 0.3 is 0 Å². The number of hydrogen-bond acceptors (Lipinski definition) is 0. The molecule has 164 valence electrons. The molecule has 0 amide bonds. The molecule has 0 saturated heterocycles. The van der Waals surface area contributed by atoms with Crippen LogP contribution in [0.2, 0.25) is 5.02 Å². The fourth-order valence-electron chi connectivity index (χ4n) is 5.25. The number of hydrogen-bond donors (Lipinski definition) is 0. The molecule has 0 aliphatic heterocycles. The van der Waals surface area contributed by atoms with Gasteiger partial charge in [-0.25, -0.2) is 4.39 Å². The Hall–Kier alpha value is -1.86. The molecule has 1 saturated carbocycles. The van der Waals surface area contributed by atoms with Crippen molar-refractivity contribution in [2.75, 3.05) is 0 Å². The van der Waals surface area contributed by atoms with Crippen LogP contribution in [0.3, 0.4) is 0 Å². The van der Waals surface area contributed by atoms with E-state index in [9.17, 15) is 0 Å². The molecule has 0 N–H and O–H groups in total. The van der Waals surface area contributed by atoms with E-state index in [0.29, 0.717) is 6.42 Å². The van der Waals surface area contributed by atoms with Crippen molar-refractivity contribution < 1.29 is 4.39 Å². The second-order valence-electron chi connectivity index (χ2n) is 9.43. The lowest BCUT2D eigenvalue weighted by Crippen LogP contribution is -2.15. The molecule has 1 aliphatic carbocycles. The van der Waals surface area contributed by atoms with Gasteiger partial charge in [0.1, 0.15) is 5.82 Å². The van der Waals surface area contributed by atoms with Crippen molar-refractivity contribution in [2.45, 2.75) is 71.1 Å². The summed E-state index contributed by atoms with van der Waals surface area (Å²) in [4.78, 5) is 0. The summed E-state index contributed by atoms with van der Waals surface area (Å²) in [6, 6.07) is 18.2. The van der Waals surface area contributed by atoms with Crippen molar-refractivity contribution in [1.82, 2.24) is 0 Å². The lowest BCUT2D eigenvalue weighted by molar-refractivity contribution is 0.252. The highest BCUT2D eigenvalue weighted by Crippen LogP contribution is 2.34. The predicted octanol–water partition coefficient (Wildman–Crippen LogP) is 8.96. The average Bonchev–Trinajstić information content (AvgIpc) is 2.79. The molecule has 0 nitrogen and oxygen atoms in total. The van der Waals surface area contributed by atoms with Gasteiger partial charge in [-0.3, -0.25) is 0 Å². The van der Waals surface area contributed by atoms with Crippen LogP contribution in [0.25, 0.3) is 10.8 Å². The molecule has 0 radical (unpaired) electrons. The Bertz CT molecular complexity index is 984. The van der Waals surface area contributed by atoms with Gasteiger partial charge in [0, 0.05) is 10.4 Å². The molecular formula is C29H34ClF. The van der Waals surface area contributed by atoms with Gasteiger partial charge in [0.25, 0.3) is 0 Å². The van der Waals surface area contributed by atoms with E-state index in [1.807, 2.05) is 36.4 Å². The number of rotatable bonds is 8. The smallest absolute Gasteiger partial charge is 0.134 e. The Labute approximate surface area is 191 Å². The van der Waals surface area contributed by atoms with Gasteiger partial charge in [0.05, 0.1) is 0 Å². The van der Waals surface area contributed by atoms with E-state index in [-0.39, 0.29) is 5.82 Å². The first kappa shape index (κ1) is 22.3. The van der Waals surface area contributed by atoms with E-state index >= 15 is 4.39 Å². The molecular weight excluding hydrogens is 403 g/mol. The number of aryl methyl sites for hydroxylation is 3. The maximum absolute atomic E-state index is 15.1. The molecule has 1 fully saturated rings. The third-order valence-electron chi connectivity index (χ3n) is 7.20. The zero-order chi connectivity index (χ0) is 21.6. The van der Waals surface area contributed by atoms with Gasteiger partial charge < -0.3 is 0 Å². The highest BCUT2D eigenvalue weighted by atomic mass is 35.5. The molecule has 3 aromatic rings. The van der Waals surface area contributed by atoms with E-state index < -0.39 is 0 Å². The summed E-state index contributed by atoms with van der Waals surface area (Å²) in [5.74, 6) is 1.78. The van der Waals surface area contributed by atoms with Crippen LogP contribution in [-0.2, 0) is 19.3 Å². The lowest BCUT2D eigenvalue weighted by atomic mass is 9.78. The zero-order valence-electron chi connectivity index (χ0n) is 18.7. The second kappa shape index (κ2) is 10.6. The third-order valence-corrected chi connectivity index (χ3v) is 7.45. The van der Waals surface area contributed by atoms with Crippen LogP contribution >= 0.6 is 11.6 Å². The van der Waals surface area contributed by atoms with Crippen LogP contribution in [0.15, 0.2) is 54.6 Å². The minimum absolute atomic E-state index is 0.0627. The van der Waals surface area contributed by atoms with E-state index in [2.05, 4.69) is 25.1 Å². The van der Waals surface area contributed by atoms with Crippen LogP contribution < -0.4 is 0 Å². The van der Waals surface area contributed by atoms with Crippen LogP contribution in [0, 0.1) is 17.7 Å². The molecule has 0 atom stereocenters. The van der Waals surface area contributed by atoms with Gasteiger partial charge in [-0.05, 0) is 71.7 Å². The largest absolute Gasteiger partial charge is 0.206 e. The van der Waals surface area contributed by atoms with Crippen LogP contribution in [-0.4, -0.2) is 0 Å². The van der Waals surface area contributed by atoms with Gasteiger partial charge in [-0.15, -0.1) is 0 Å². The highest BCUT2D eigenvalue weighted by molar-refractivity contribution is 6.30. The molecule has 0 spiro atoms. The van der Waals surface area contributed by atoms with Gasteiger partial charge in [0.15, 0.2) is 0 Å². The van der Waals surface area contributed by atoms with Gasteiger partial charge in [0.2, 0.25) is 0 Å². The van der Waals surface area contributed by atoms with Crippen molar-refractivity contribution in [3.63, 3.8) is 0 Å². The molecule has 0 heterocycles. The number of halogens is 2. The van der Waals surface area contributed by atoms with Gasteiger partial charge in [-0.2, -0.15) is 0 Å². The van der Waals surface area contributed by atoms with E-state index in [0.717, 1.165) is 46.0 Å². The molecule has 0 unspecified atom stereocenters. The molecule has 4 rings (SSSR count). The Kier molecular flexibility index (Phi) is 7.67. The first-order valence-electron chi connectivity index (χ1n) is 12.1. The summed E-state index contributed by atoms with van der Waals surface area (Å²) < 4.78 is 15.1. The highest BCUT2D eigenvalue weighted by Gasteiger charge is 2.20. The van der Waals surface area contributed by atoms with Crippen LogP contribution in [0.5, 0.6) is 0 Å². The summed E-state index contributed by atoms with van der Waals surface area (Å²) in [6.45, 7) is 2.30. The van der Waals surface area contributed by atoms with Gasteiger partial charge in [-0.1, -0.05) is 99.5 Å². The first-order chi connectivity index (χ1) is 15.1. The summed E-state index contributed by atoms with van der Waals surface area (Å²) in [5, 5.41) is 2.51. The third kappa shape index (κ3) is 5.89.